The summed E-state index contributed by atoms with van der Waals surface area (Å²) in [5, 5.41) is 13.1. The summed E-state index contributed by atoms with van der Waals surface area (Å²) >= 11 is 6.20. The molecule has 0 radical (unpaired) electrons. The van der Waals surface area contributed by atoms with E-state index in [1.54, 1.807) is 24.3 Å². The molecule has 4 rings (SSSR count). The summed E-state index contributed by atoms with van der Waals surface area (Å²) in [4.78, 5) is 41.7. The minimum atomic E-state index is -2.65. The number of hydrogen-bond donors (Lipinski definition) is 2. The van der Waals surface area contributed by atoms with Crippen LogP contribution >= 0.6 is 11.6 Å². The van der Waals surface area contributed by atoms with E-state index in [9.17, 15) is 19.6 Å². The predicted molar refractivity (Wildman–Crippen MR) is 131 cm³/mol. The highest BCUT2D eigenvalue weighted by atomic mass is 35.5. The molecule has 2 N–H and O–H groups in total. The molecule has 8 heteroatoms. The Morgan fingerprint density at radius 2 is 2.09 bits per heavy atom. The summed E-state index contributed by atoms with van der Waals surface area (Å²) in [7, 11) is 0. The third kappa shape index (κ3) is 6.10. The first-order valence-corrected chi connectivity index (χ1v) is 12.6. The molecule has 0 saturated heterocycles. The van der Waals surface area contributed by atoms with Gasteiger partial charge in [0.15, 0.2) is 5.78 Å². The molecular weight excluding hydrogens is 469 g/mol. The molecule has 1 aromatic heterocycles. The number of halogens is 2. The Balaban J connectivity index is 1.45. The van der Waals surface area contributed by atoms with Gasteiger partial charge < -0.3 is 10.3 Å². The van der Waals surface area contributed by atoms with Crippen LogP contribution in [0.3, 0.4) is 0 Å². The maximum atomic E-state index is 15.5. The number of hydrogen-bond acceptors (Lipinski definition) is 4. The molecule has 2 aliphatic carbocycles. The zero-order chi connectivity index (χ0) is 25.4. The Hall–Kier alpha value is -2.72. The van der Waals surface area contributed by atoms with Crippen molar-refractivity contribution in [3.05, 3.63) is 35.0 Å². The predicted octanol–water partition coefficient (Wildman–Crippen LogP) is 5.90. The molecule has 1 heterocycles. The van der Waals surface area contributed by atoms with E-state index in [0.29, 0.717) is 41.4 Å². The van der Waals surface area contributed by atoms with Crippen molar-refractivity contribution in [2.75, 3.05) is 0 Å². The van der Waals surface area contributed by atoms with E-state index in [2.05, 4.69) is 10.3 Å². The fourth-order valence-electron chi connectivity index (χ4n) is 5.05. The molecule has 1 aromatic carbocycles. The number of carbonyl (C=O) groups excluding carboxylic acids is 3. The Morgan fingerprint density at radius 3 is 2.71 bits per heavy atom. The number of benzene rings is 1. The molecular formula is C27H31ClFN3O3. The van der Waals surface area contributed by atoms with E-state index >= 15 is 4.39 Å². The Morgan fingerprint density at radius 1 is 1.34 bits per heavy atom. The molecule has 6 nitrogen and oxygen atoms in total. The quantitative estimate of drug-likeness (QED) is 0.331. The summed E-state index contributed by atoms with van der Waals surface area (Å²) < 4.78 is 15.5. The number of H-pyrrole nitrogens is 1. The Kier molecular flexibility index (Phi) is 7.06. The molecule has 0 aliphatic heterocycles. The normalized spacial score (nSPS) is 22.3. The van der Waals surface area contributed by atoms with E-state index in [-0.39, 0.29) is 29.8 Å². The highest BCUT2D eigenvalue weighted by Gasteiger charge is 2.43. The number of para-hydroxylation sites is 1. The van der Waals surface area contributed by atoms with E-state index in [0.717, 1.165) is 24.6 Å². The van der Waals surface area contributed by atoms with Gasteiger partial charge >= 0.3 is 0 Å². The first-order valence-electron chi connectivity index (χ1n) is 12.2. The number of amides is 1. The van der Waals surface area contributed by atoms with Crippen LogP contribution in [0.25, 0.3) is 10.9 Å². The zero-order valence-electron chi connectivity index (χ0n) is 20.1. The van der Waals surface area contributed by atoms with Crippen molar-refractivity contribution in [3.63, 3.8) is 0 Å². The maximum Gasteiger partial charge on any atom is 0.270 e. The second kappa shape index (κ2) is 9.73. The van der Waals surface area contributed by atoms with E-state index < -0.39 is 23.5 Å². The number of alkyl halides is 1. The number of nitrogens with one attached hydrogen (secondary N) is 2. The van der Waals surface area contributed by atoms with Gasteiger partial charge in [-0.2, -0.15) is 5.26 Å². The van der Waals surface area contributed by atoms with Crippen LogP contribution in [-0.2, 0) is 9.59 Å². The van der Waals surface area contributed by atoms with Crippen molar-refractivity contribution in [2.45, 2.75) is 71.0 Å². The number of ketones is 2. The zero-order valence-corrected chi connectivity index (χ0v) is 20.9. The van der Waals surface area contributed by atoms with E-state index in [1.165, 1.54) is 0 Å². The fourth-order valence-corrected chi connectivity index (χ4v) is 5.28. The number of Topliss-reactive ketones (excluding diaryl/α,β-unsaturated/α-hetero) is 2. The fraction of sp³-hybridized carbons (Fsp3) is 0.556. The average Bonchev–Trinajstić information content (AvgIpc) is 3.49. The molecule has 3 atom stereocenters. The molecule has 2 aromatic rings. The summed E-state index contributed by atoms with van der Waals surface area (Å²) in [6.07, 6.45) is 3.49. The second-order valence-electron chi connectivity index (χ2n) is 11.0. The maximum absolute atomic E-state index is 15.5. The number of aromatic nitrogens is 1. The lowest BCUT2D eigenvalue weighted by atomic mass is 9.70. The van der Waals surface area contributed by atoms with Gasteiger partial charge in [0.1, 0.15) is 11.9 Å². The second-order valence-corrected chi connectivity index (χ2v) is 11.4. The highest BCUT2D eigenvalue weighted by molar-refractivity contribution is 6.35. The van der Waals surface area contributed by atoms with Crippen LogP contribution in [0.15, 0.2) is 24.3 Å². The Bertz CT molecular complexity index is 1200. The molecule has 2 aliphatic rings. The third-order valence-corrected chi connectivity index (χ3v) is 7.64. The van der Waals surface area contributed by atoms with Crippen molar-refractivity contribution in [1.29, 1.82) is 5.26 Å². The first-order chi connectivity index (χ1) is 16.5. The molecule has 0 spiro atoms. The van der Waals surface area contributed by atoms with Crippen molar-refractivity contribution >= 4 is 40.0 Å². The van der Waals surface area contributed by atoms with Gasteiger partial charge in [0, 0.05) is 36.5 Å². The van der Waals surface area contributed by atoms with Crippen molar-refractivity contribution in [1.82, 2.24) is 10.3 Å². The smallest absolute Gasteiger partial charge is 0.270 e. The number of carbonyl (C=O) groups is 3. The van der Waals surface area contributed by atoms with Gasteiger partial charge in [-0.1, -0.05) is 50.4 Å². The van der Waals surface area contributed by atoms with E-state index in [1.807, 2.05) is 19.9 Å². The van der Waals surface area contributed by atoms with Crippen LogP contribution in [0.4, 0.5) is 4.39 Å². The Labute approximate surface area is 209 Å². The van der Waals surface area contributed by atoms with Gasteiger partial charge in [-0.05, 0) is 42.7 Å². The standard InChI is InChI=1S/C27H31ClFN3O3/c1-26(2)9-8-18(23(34)14-26)13-27(29,15-30)32-25(35)19(10-16-6-7-16)12-22(33)21-11-17-4-3-5-20(28)24(17)31-21/h3-5,11,16,18-19,31H,6-10,12-14H2,1-2H3,(H,32,35). The molecule has 0 bridgehead atoms. The van der Waals surface area contributed by atoms with Crippen molar-refractivity contribution in [3.8, 4) is 6.07 Å². The van der Waals surface area contributed by atoms with Crippen LogP contribution in [0.2, 0.25) is 5.02 Å². The third-order valence-electron chi connectivity index (χ3n) is 7.33. The minimum Gasteiger partial charge on any atom is -0.351 e. The molecule has 1 amide bonds. The lowest BCUT2D eigenvalue weighted by molar-refractivity contribution is -0.133. The summed E-state index contributed by atoms with van der Waals surface area (Å²) in [6.45, 7) is 3.99. The van der Waals surface area contributed by atoms with Crippen molar-refractivity contribution < 1.29 is 18.8 Å². The topological polar surface area (TPSA) is 103 Å². The number of rotatable bonds is 9. The molecule has 3 unspecified atom stereocenters. The minimum absolute atomic E-state index is 0.0741. The van der Waals surface area contributed by atoms with Crippen molar-refractivity contribution in [2.24, 2.45) is 23.2 Å². The first kappa shape index (κ1) is 25.4. The van der Waals surface area contributed by atoms with Crippen LogP contribution in [0.5, 0.6) is 0 Å². The van der Waals surface area contributed by atoms with Gasteiger partial charge in [-0.25, -0.2) is 4.39 Å². The highest BCUT2D eigenvalue weighted by Crippen LogP contribution is 2.40. The lowest BCUT2D eigenvalue weighted by Gasteiger charge is -2.35. The SMILES string of the molecule is CC1(C)CCC(CC(F)(C#N)NC(=O)C(CC(=O)c2cc3cccc(Cl)c3[nH]2)CC2CC2)C(=O)C1. The van der Waals surface area contributed by atoms with Gasteiger partial charge in [-0.15, -0.1) is 0 Å². The van der Waals surface area contributed by atoms with Gasteiger partial charge in [0.2, 0.25) is 5.91 Å². The molecule has 186 valence electrons. The largest absolute Gasteiger partial charge is 0.351 e. The van der Waals surface area contributed by atoms with Crippen LogP contribution < -0.4 is 5.32 Å². The van der Waals surface area contributed by atoms with Crippen LogP contribution in [-0.4, -0.2) is 28.3 Å². The lowest BCUT2D eigenvalue weighted by Crippen LogP contribution is -2.49. The molecule has 2 saturated carbocycles. The van der Waals surface area contributed by atoms with Crippen LogP contribution in [0.1, 0.15) is 75.7 Å². The average molecular weight is 500 g/mol. The number of nitrogens with zero attached hydrogens (tertiary/aromatic N) is 1. The number of nitriles is 1. The number of aromatic amines is 1. The van der Waals surface area contributed by atoms with Gasteiger partial charge in [0.25, 0.3) is 5.79 Å². The van der Waals surface area contributed by atoms with E-state index in [4.69, 9.17) is 11.6 Å². The van der Waals surface area contributed by atoms with Crippen LogP contribution in [0, 0.1) is 34.5 Å². The summed E-state index contributed by atoms with van der Waals surface area (Å²) in [5.41, 5.74) is 0.850. The molecule has 35 heavy (non-hydrogen) atoms. The monoisotopic (exact) mass is 499 g/mol. The summed E-state index contributed by atoms with van der Waals surface area (Å²) in [6, 6.07) is 8.61. The van der Waals surface area contributed by atoms with Gasteiger partial charge in [0.05, 0.1) is 16.2 Å². The number of fused-ring (bicyclic) bond motifs is 1. The summed E-state index contributed by atoms with van der Waals surface area (Å²) in [5.74, 6) is -4.72. The van der Waals surface area contributed by atoms with Gasteiger partial charge in [-0.3, -0.25) is 14.4 Å². The molecule has 2 fully saturated rings.